The van der Waals surface area contributed by atoms with Crippen molar-refractivity contribution in [2.75, 3.05) is 10.6 Å². The quantitative estimate of drug-likeness (QED) is 0.622. The van der Waals surface area contributed by atoms with Gasteiger partial charge >= 0.3 is 6.18 Å². The van der Waals surface area contributed by atoms with E-state index in [4.69, 9.17) is 16.0 Å². The van der Waals surface area contributed by atoms with Gasteiger partial charge in [-0.1, -0.05) is 11.6 Å². The highest BCUT2D eigenvalue weighted by atomic mass is 35.5. The Kier molecular flexibility index (Phi) is 5.36. The average molecular weight is 396 g/mol. The van der Waals surface area contributed by atoms with Crippen molar-refractivity contribution in [1.82, 2.24) is 4.98 Å². The van der Waals surface area contributed by atoms with Crippen molar-refractivity contribution in [3.63, 3.8) is 0 Å². The molecule has 2 N–H and O–H groups in total. The van der Waals surface area contributed by atoms with E-state index in [0.29, 0.717) is 18.0 Å². The minimum Gasteiger partial charge on any atom is -0.467 e. The van der Waals surface area contributed by atoms with Crippen LogP contribution >= 0.6 is 11.6 Å². The number of aromatic nitrogens is 1. The minimum atomic E-state index is -4.66. The lowest BCUT2D eigenvalue weighted by Gasteiger charge is -2.14. The molecule has 2 heterocycles. The molecule has 9 heteroatoms. The van der Waals surface area contributed by atoms with E-state index >= 15 is 0 Å². The van der Waals surface area contributed by atoms with E-state index in [-0.39, 0.29) is 10.7 Å². The standard InChI is InChI=1S/C18H13ClF3N3O2/c19-11-3-4-15(14(8-11)18(20,21)22)25-17(26)16-9-12(5-6-23-16)24-10-13-2-1-7-27-13/h1-9H,10H2,(H,23,24)(H,25,26). The molecule has 0 atom stereocenters. The predicted molar refractivity (Wildman–Crippen MR) is 94.7 cm³/mol. The molecule has 1 amide bonds. The Hall–Kier alpha value is -3.00. The minimum absolute atomic E-state index is 0.0393. The predicted octanol–water partition coefficient (Wildman–Crippen LogP) is 5.21. The molecule has 3 aromatic rings. The van der Waals surface area contributed by atoms with Crippen LogP contribution in [-0.4, -0.2) is 10.9 Å². The molecule has 0 bridgehead atoms. The van der Waals surface area contributed by atoms with Gasteiger partial charge in [-0.15, -0.1) is 0 Å². The van der Waals surface area contributed by atoms with Crippen LogP contribution in [0, 0.1) is 0 Å². The van der Waals surface area contributed by atoms with Crippen molar-refractivity contribution in [2.45, 2.75) is 12.7 Å². The first-order valence-electron chi connectivity index (χ1n) is 7.73. The molecular formula is C18H13ClF3N3O2. The SMILES string of the molecule is O=C(Nc1ccc(Cl)cc1C(F)(F)F)c1cc(NCc2ccco2)ccn1. The van der Waals surface area contributed by atoms with Crippen molar-refractivity contribution in [3.05, 3.63) is 77.0 Å². The number of halogens is 4. The lowest BCUT2D eigenvalue weighted by Crippen LogP contribution is -2.18. The first-order valence-corrected chi connectivity index (χ1v) is 8.11. The Bertz CT molecular complexity index is 943. The van der Waals surface area contributed by atoms with Crippen LogP contribution in [0.4, 0.5) is 24.5 Å². The van der Waals surface area contributed by atoms with Gasteiger partial charge in [0, 0.05) is 16.9 Å². The van der Waals surface area contributed by atoms with Gasteiger partial charge in [0.05, 0.1) is 24.1 Å². The maximum atomic E-state index is 13.1. The molecule has 5 nitrogen and oxygen atoms in total. The molecule has 0 fully saturated rings. The molecule has 0 radical (unpaired) electrons. The van der Waals surface area contributed by atoms with Gasteiger partial charge in [0.1, 0.15) is 11.5 Å². The van der Waals surface area contributed by atoms with Gasteiger partial charge in [-0.2, -0.15) is 13.2 Å². The van der Waals surface area contributed by atoms with Crippen LogP contribution in [0.1, 0.15) is 21.8 Å². The van der Waals surface area contributed by atoms with E-state index in [1.807, 2.05) is 0 Å². The van der Waals surface area contributed by atoms with Gasteiger partial charge < -0.3 is 15.1 Å². The topological polar surface area (TPSA) is 67.2 Å². The van der Waals surface area contributed by atoms with E-state index in [1.54, 1.807) is 18.2 Å². The molecule has 2 aromatic heterocycles. The number of rotatable bonds is 5. The summed E-state index contributed by atoms with van der Waals surface area (Å²) in [6.07, 6.45) is -1.74. The fourth-order valence-corrected chi connectivity index (χ4v) is 2.49. The number of amides is 1. The van der Waals surface area contributed by atoms with Crippen LogP contribution in [0.3, 0.4) is 0 Å². The number of furan rings is 1. The summed E-state index contributed by atoms with van der Waals surface area (Å²) in [6.45, 7) is 0.382. The number of carbonyl (C=O) groups is 1. The molecule has 27 heavy (non-hydrogen) atoms. The van der Waals surface area contributed by atoms with Gasteiger partial charge in [0.2, 0.25) is 0 Å². The second-order valence-electron chi connectivity index (χ2n) is 5.50. The lowest BCUT2D eigenvalue weighted by atomic mass is 10.1. The highest BCUT2D eigenvalue weighted by Crippen LogP contribution is 2.36. The molecule has 0 spiro atoms. The fourth-order valence-electron chi connectivity index (χ4n) is 2.31. The number of nitrogens with one attached hydrogen (secondary N) is 2. The maximum absolute atomic E-state index is 13.1. The van der Waals surface area contributed by atoms with E-state index < -0.39 is 23.3 Å². The molecule has 3 rings (SSSR count). The third-order valence-corrected chi connectivity index (χ3v) is 3.81. The molecule has 140 valence electrons. The Morgan fingerprint density at radius 1 is 1.19 bits per heavy atom. The molecular weight excluding hydrogens is 383 g/mol. The zero-order valence-corrected chi connectivity index (χ0v) is 14.4. The van der Waals surface area contributed by atoms with E-state index in [2.05, 4.69) is 15.6 Å². The van der Waals surface area contributed by atoms with Crippen LogP contribution < -0.4 is 10.6 Å². The lowest BCUT2D eigenvalue weighted by molar-refractivity contribution is -0.136. The average Bonchev–Trinajstić information content (AvgIpc) is 3.14. The Labute approximate surface area is 157 Å². The Balaban J connectivity index is 1.76. The number of benzene rings is 1. The van der Waals surface area contributed by atoms with Crippen molar-refractivity contribution < 1.29 is 22.4 Å². The number of hydrogen-bond acceptors (Lipinski definition) is 4. The van der Waals surface area contributed by atoms with Crippen LogP contribution in [0.5, 0.6) is 0 Å². The fraction of sp³-hybridized carbons (Fsp3) is 0.111. The second-order valence-corrected chi connectivity index (χ2v) is 5.94. The van der Waals surface area contributed by atoms with Crippen molar-refractivity contribution in [1.29, 1.82) is 0 Å². The van der Waals surface area contributed by atoms with E-state index in [9.17, 15) is 18.0 Å². The third kappa shape index (κ3) is 4.79. The molecule has 1 aromatic carbocycles. The van der Waals surface area contributed by atoms with Crippen LogP contribution in [0.25, 0.3) is 0 Å². The summed E-state index contributed by atoms with van der Waals surface area (Å²) < 4.78 is 44.6. The van der Waals surface area contributed by atoms with Gasteiger partial charge in [-0.05, 0) is 42.5 Å². The second kappa shape index (κ2) is 7.71. The van der Waals surface area contributed by atoms with E-state index in [0.717, 1.165) is 12.1 Å². The van der Waals surface area contributed by atoms with Crippen LogP contribution in [-0.2, 0) is 12.7 Å². The largest absolute Gasteiger partial charge is 0.467 e. The molecule has 0 saturated carbocycles. The van der Waals surface area contributed by atoms with Crippen molar-refractivity contribution in [3.8, 4) is 0 Å². The number of hydrogen-bond donors (Lipinski definition) is 2. The zero-order valence-electron chi connectivity index (χ0n) is 13.7. The smallest absolute Gasteiger partial charge is 0.418 e. The summed E-state index contributed by atoms with van der Waals surface area (Å²) in [5.74, 6) is -0.0849. The van der Waals surface area contributed by atoms with E-state index in [1.165, 1.54) is 24.6 Å². The van der Waals surface area contributed by atoms with Crippen LogP contribution in [0.2, 0.25) is 5.02 Å². The Morgan fingerprint density at radius 3 is 2.70 bits per heavy atom. The third-order valence-electron chi connectivity index (χ3n) is 3.57. The molecule has 0 aliphatic heterocycles. The first-order chi connectivity index (χ1) is 12.8. The zero-order chi connectivity index (χ0) is 19.4. The summed E-state index contributed by atoms with van der Waals surface area (Å²) in [5.41, 5.74) is -0.899. The van der Waals surface area contributed by atoms with Crippen molar-refractivity contribution >= 4 is 28.9 Å². The number of pyridine rings is 1. The summed E-state index contributed by atoms with van der Waals surface area (Å²) in [4.78, 5) is 16.3. The van der Waals surface area contributed by atoms with Crippen LogP contribution in [0.15, 0.2) is 59.3 Å². The summed E-state index contributed by atoms with van der Waals surface area (Å²) in [6, 6.07) is 9.70. The maximum Gasteiger partial charge on any atom is 0.418 e. The molecule has 0 aliphatic carbocycles. The van der Waals surface area contributed by atoms with Gasteiger partial charge in [0.15, 0.2) is 0 Å². The summed E-state index contributed by atoms with van der Waals surface area (Å²) in [5, 5.41) is 5.19. The molecule has 0 aliphatic rings. The summed E-state index contributed by atoms with van der Waals surface area (Å²) in [7, 11) is 0. The number of carbonyl (C=O) groups excluding carboxylic acids is 1. The highest BCUT2D eigenvalue weighted by molar-refractivity contribution is 6.30. The number of nitrogens with zero attached hydrogens (tertiary/aromatic N) is 1. The Morgan fingerprint density at radius 2 is 2.00 bits per heavy atom. The van der Waals surface area contributed by atoms with Gasteiger partial charge in [-0.3, -0.25) is 9.78 Å². The highest BCUT2D eigenvalue weighted by Gasteiger charge is 2.34. The van der Waals surface area contributed by atoms with Gasteiger partial charge in [0.25, 0.3) is 5.91 Å². The summed E-state index contributed by atoms with van der Waals surface area (Å²) >= 11 is 5.63. The first kappa shape index (κ1) is 18.8. The van der Waals surface area contributed by atoms with Gasteiger partial charge in [-0.25, -0.2) is 0 Å². The monoisotopic (exact) mass is 395 g/mol. The van der Waals surface area contributed by atoms with Crippen molar-refractivity contribution in [2.24, 2.45) is 0 Å². The molecule has 0 saturated heterocycles. The number of anilines is 2. The normalized spacial score (nSPS) is 11.3. The molecule has 0 unspecified atom stereocenters. The number of alkyl halides is 3.